The zero-order chi connectivity index (χ0) is 19.1. The summed E-state index contributed by atoms with van der Waals surface area (Å²) in [6, 6.07) is 6.70. The van der Waals surface area contributed by atoms with Gasteiger partial charge in [-0.1, -0.05) is 12.1 Å². The molecule has 0 saturated heterocycles. The maximum absolute atomic E-state index is 12.6. The summed E-state index contributed by atoms with van der Waals surface area (Å²) in [5, 5.41) is 21.3. The smallest absolute Gasteiger partial charge is 0.339 e. The first-order valence-electron chi connectivity index (χ1n) is 8.05. The molecule has 2 N–H and O–H groups in total. The van der Waals surface area contributed by atoms with E-state index in [0.717, 1.165) is 0 Å². The van der Waals surface area contributed by atoms with Crippen molar-refractivity contribution in [3.63, 3.8) is 0 Å². The summed E-state index contributed by atoms with van der Waals surface area (Å²) in [5.74, 6) is -2.71. The predicted octanol–water partition coefficient (Wildman–Crippen LogP) is 1.42. The van der Waals surface area contributed by atoms with Crippen LogP contribution in [0.1, 0.15) is 17.3 Å². The summed E-state index contributed by atoms with van der Waals surface area (Å²) in [6.45, 7) is 1.52. The van der Waals surface area contributed by atoms with E-state index in [9.17, 15) is 19.8 Å². The minimum atomic E-state index is -1.60. The van der Waals surface area contributed by atoms with Gasteiger partial charge in [-0.3, -0.25) is 0 Å². The van der Waals surface area contributed by atoms with Gasteiger partial charge in [-0.05, 0) is 35.0 Å². The number of aliphatic hydroxyl groups excluding tert-OH is 1. The molecule has 1 aromatic carbocycles. The molecule has 0 amide bonds. The van der Waals surface area contributed by atoms with Crippen LogP contribution in [0.2, 0.25) is 0 Å². The average Bonchev–Trinajstić information content (AvgIpc) is 2.82. The number of hydrogen-bond donors (Lipinski definition) is 2. The third kappa shape index (κ3) is 3.02. The predicted molar refractivity (Wildman–Crippen MR) is 93.0 cm³/mol. The Morgan fingerprint density at radius 1 is 1.31 bits per heavy atom. The van der Waals surface area contributed by atoms with E-state index in [0.29, 0.717) is 4.47 Å². The molecule has 1 fully saturated rings. The molecule has 1 aliphatic heterocycles. The normalized spacial score (nSPS) is 32.9. The van der Waals surface area contributed by atoms with Crippen molar-refractivity contribution < 1.29 is 34.0 Å². The van der Waals surface area contributed by atoms with Crippen molar-refractivity contribution in [3.05, 3.63) is 46.1 Å². The van der Waals surface area contributed by atoms with Crippen LogP contribution in [0.3, 0.4) is 0 Å². The Balaban J connectivity index is 1.95. The fourth-order valence-electron chi connectivity index (χ4n) is 3.58. The second kappa shape index (κ2) is 7.02. The Bertz CT molecular complexity index is 758. The highest BCUT2D eigenvalue weighted by atomic mass is 79.9. The SMILES string of the molecule is COC(=O)C1=COC[C@H]2[C@@H]1[C@H](OC(=O)c1ccccc1Br)[C@H](O)[C@]2(C)O. The molecule has 1 aliphatic carbocycles. The summed E-state index contributed by atoms with van der Waals surface area (Å²) in [4.78, 5) is 24.7. The summed E-state index contributed by atoms with van der Waals surface area (Å²) < 4.78 is 16.1. The number of ether oxygens (including phenoxy) is 3. The van der Waals surface area contributed by atoms with Gasteiger partial charge in [0, 0.05) is 16.3 Å². The minimum Gasteiger partial charge on any atom is -0.500 e. The molecule has 5 atom stereocenters. The number of aliphatic hydroxyl groups is 2. The Morgan fingerprint density at radius 2 is 2.00 bits per heavy atom. The molecule has 0 spiro atoms. The lowest BCUT2D eigenvalue weighted by Crippen LogP contribution is -2.45. The van der Waals surface area contributed by atoms with Crippen molar-refractivity contribution in [1.29, 1.82) is 0 Å². The van der Waals surface area contributed by atoms with Crippen molar-refractivity contribution in [2.45, 2.75) is 24.7 Å². The molecule has 1 heterocycles. The van der Waals surface area contributed by atoms with Crippen LogP contribution >= 0.6 is 15.9 Å². The first kappa shape index (κ1) is 18.9. The Hall–Kier alpha value is -1.90. The van der Waals surface area contributed by atoms with E-state index in [2.05, 4.69) is 15.9 Å². The number of methoxy groups -OCH3 is 1. The van der Waals surface area contributed by atoms with E-state index in [1.165, 1.54) is 20.3 Å². The first-order chi connectivity index (χ1) is 12.3. The summed E-state index contributed by atoms with van der Waals surface area (Å²) in [7, 11) is 1.22. The summed E-state index contributed by atoms with van der Waals surface area (Å²) in [6.07, 6.45) is -1.28. The van der Waals surface area contributed by atoms with Gasteiger partial charge in [0.1, 0.15) is 12.2 Å². The monoisotopic (exact) mass is 426 g/mol. The van der Waals surface area contributed by atoms with Gasteiger partial charge < -0.3 is 24.4 Å². The standard InChI is InChI=1S/C18H19BrO7/c1-18(23)11-8-25-7-10(16(21)24-2)13(11)14(15(18)20)26-17(22)9-5-3-4-6-12(9)19/h3-7,11,13-15,20,23H,8H2,1-2H3/t11-,13+,14-,15-,18+/m0/s1. The van der Waals surface area contributed by atoms with E-state index in [1.54, 1.807) is 24.3 Å². The fourth-order valence-corrected chi connectivity index (χ4v) is 4.03. The van der Waals surface area contributed by atoms with Crippen molar-refractivity contribution in [2.75, 3.05) is 13.7 Å². The quantitative estimate of drug-likeness (QED) is 0.704. The second-order valence-corrected chi connectivity index (χ2v) is 7.41. The number of rotatable bonds is 3. The number of fused-ring (bicyclic) bond motifs is 1. The van der Waals surface area contributed by atoms with Crippen molar-refractivity contribution in [3.8, 4) is 0 Å². The highest BCUT2D eigenvalue weighted by molar-refractivity contribution is 9.10. The molecule has 26 heavy (non-hydrogen) atoms. The van der Waals surface area contributed by atoms with Gasteiger partial charge in [0.25, 0.3) is 0 Å². The topological polar surface area (TPSA) is 102 Å². The Morgan fingerprint density at radius 3 is 2.65 bits per heavy atom. The van der Waals surface area contributed by atoms with Crippen LogP contribution < -0.4 is 0 Å². The minimum absolute atomic E-state index is 0.0816. The van der Waals surface area contributed by atoms with Crippen molar-refractivity contribution in [2.24, 2.45) is 11.8 Å². The molecule has 8 heteroatoms. The number of hydrogen-bond acceptors (Lipinski definition) is 7. The lowest BCUT2D eigenvalue weighted by atomic mass is 9.82. The van der Waals surface area contributed by atoms with Crippen LogP contribution in [0, 0.1) is 11.8 Å². The molecule has 0 aromatic heterocycles. The van der Waals surface area contributed by atoms with Gasteiger partial charge in [0.05, 0.1) is 36.7 Å². The molecule has 1 saturated carbocycles. The van der Waals surface area contributed by atoms with E-state index < -0.39 is 41.6 Å². The van der Waals surface area contributed by atoms with E-state index in [1.807, 2.05) is 0 Å². The number of carbonyl (C=O) groups is 2. The molecular formula is C18H19BrO7. The number of benzene rings is 1. The van der Waals surface area contributed by atoms with Crippen LogP contribution in [-0.4, -0.2) is 53.7 Å². The average molecular weight is 427 g/mol. The largest absolute Gasteiger partial charge is 0.500 e. The van der Waals surface area contributed by atoms with Gasteiger partial charge in [-0.25, -0.2) is 9.59 Å². The molecule has 3 rings (SSSR count). The maximum Gasteiger partial charge on any atom is 0.339 e. The fraction of sp³-hybridized carbons (Fsp3) is 0.444. The van der Waals surface area contributed by atoms with E-state index >= 15 is 0 Å². The highest BCUT2D eigenvalue weighted by Crippen LogP contribution is 2.48. The molecule has 1 aromatic rings. The third-order valence-electron chi connectivity index (χ3n) is 5.05. The Labute approximate surface area is 158 Å². The van der Waals surface area contributed by atoms with Gasteiger partial charge in [-0.2, -0.15) is 0 Å². The van der Waals surface area contributed by atoms with Gasteiger partial charge in [0.2, 0.25) is 0 Å². The maximum atomic E-state index is 12.6. The number of esters is 2. The van der Waals surface area contributed by atoms with Gasteiger partial charge >= 0.3 is 11.9 Å². The van der Waals surface area contributed by atoms with Crippen LogP contribution in [0.15, 0.2) is 40.6 Å². The molecule has 0 radical (unpaired) electrons. The molecule has 7 nitrogen and oxygen atoms in total. The number of halogens is 1. The van der Waals surface area contributed by atoms with E-state index in [4.69, 9.17) is 14.2 Å². The lowest BCUT2D eigenvalue weighted by Gasteiger charge is -2.32. The number of carbonyl (C=O) groups excluding carboxylic acids is 2. The van der Waals surface area contributed by atoms with Crippen LogP contribution in [-0.2, 0) is 19.0 Å². The molecular weight excluding hydrogens is 408 g/mol. The van der Waals surface area contributed by atoms with Crippen LogP contribution in [0.25, 0.3) is 0 Å². The van der Waals surface area contributed by atoms with Gasteiger partial charge in [0.15, 0.2) is 0 Å². The van der Waals surface area contributed by atoms with Crippen molar-refractivity contribution in [1.82, 2.24) is 0 Å². The highest BCUT2D eigenvalue weighted by Gasteiger charge is 2.62. The van der Waals surface area contributed by atoms with Crippen molar-refractivity contribution >= 4 is 27.9 Å². The third-order valence-corrected chi connectivity index (χ3v) is 5.74. The molecule has 140 valence electrons. The summed E-state index contributed by atoms with van der Waals surface area (Å²) >= 11 is 3.28. The Kier molecular flexibility index (Phi) is 5.09. The van der Waals surface area contributed by atoms with E-state index in [-0.39, 0.29) is 17.7 Å². The lowest BCUT2D eigenvalue weighted by molar-refractivity contribution is -0.138. The molecule has 0 unspecified atom stereocenters. The zero-order valence-corrected chi connectivity index (χ0v) is 15.8. The first-order valence-corrected chi connectivity index (χ1v) is 8.84. The van der Waals surface area contributed by atoms with Gasteiger partial charge in [-0.15, -0.1) is 0 Å². The van der Waals surface area contributed by atoms with Crippen LogP contribution in [0.5, 0.6) is 0 Å². The molecule has 0 bridgehead atoms. The second-order valence-electron chi connectivity index (χ2n) is 6.55. The summed E-state index contributed by atoms with van der Waals surface area (Å²) in [5.41, 5.74) is -1.21. The molecule has 2 aliphatic rings. The zero-order valence-electron chi connectivity index (χ0n) is 14.2. The van der Waals surface area contributed by atoms with Crippen LogP contribution in [0.4, 0.5) is 0 Å².